The second-order valence-electron chi connectivity index (χ2n) is 8.97. The number of rotatable bonds is 10. The molecular formula is C18H25FN6O14P2S. The van der Waals surface area contributed by atoms with Gasteiger partial charge in [0.05, 0.1) is 13.2 Å². The van der Waals surface area contributed by atoms with Crippen LogP contribution in [-0.2, 0) is 39.2 Å². The third-order valence-electron chi connectivity index (χ3n) is 6.21. The quantitative estimate of drug-likeness (QED) is 0.0863. The predicted octanol–water partition coefficient (Wildman–Crippen LogP) is -4.07. The van der Waals surface area contributed by atoms with E-state index in [1.54, 1.807) is 0 Å². The lowest BCUT2D eigenvalue weighted by Gasteiger charge is -2.41. The molecular weight excluding hydrogens is 637 g/mol. The highest BCUT2D eigenvalue weighted by atomic mass is 32.5. The SMILES string of the molecule is C#C[C@@]1(O)[C@H](O)[C@@H](COP(O)(=S)OP(=O)(O)OC2OC([C@@H](F)CO)C(O)C(O)C2O)O[C@H]1n1nnc2c(N)ncnc21. The number of halogens is 1. The van der Waals surface area contributed by atoms with Gasteiger partial charge in [0, 0.05) is 0 Å². The van der Waals surface area contributed by atoms with E-state index in [9.17, 15) is 44.3 Å². The largest absolute Gasteiger partial charge is 0.481 e. The normalized spacial score (nSPS) is 37.1. The zero-order valence-corrected chi connectivity index (χ0v) is 23.4. The molecule has 7 unspecified atom stereocenters. The molecule has 2 aromatic heterocycles. The summed E-state index contributed by atoms with van der Waals surface area (Å²) in [5.41, 5.74) is 3.22. The molecule has 0 amide bonds. The first-order valence-corrected chi connectivity index (χ1v) is 15.6. The maximum absolute atomic E-state index is 13.9. The number of nitrogens with zero attached hydrogens (tertiary/aromatic N) is 5. The van der Waals surface area contributed by atoms with Crippen LogP contribution in [0.15, 0.2) is 6.33 Å². The molecule has 4 rings (SSSR count). The Labute approximate surface area is 239 Å². The summed E-state index contributed by atoms with van der Waals surface area (Å²) in [7, 11) is -5.55. The Bertz CT molecular complexity index is 1440. The summed E-state index contributed by atoms with van der Waals surface area (Å²) in [6.45, 7) is -6.88. The van der Waals surface area contributed by atoms with Crippen LogP contribution in [0.3, 0.4) is 0 Å². The maximum atomic E-state index is 13.9. The fraction of sp³-hybridized carbons (Fsp3) is 0.667. The van der Waals surface area contributed by atoms with Gasteiger partial charge >= 0.3 is 14.5 Å². The minimum Gasteiger partial charge on any atom is -0.393 e. The van der Waals surface area contributed by atoms with Crippen LogP contribution in [0.1, 0.15) is 6.23 Å². The summed E-state index contributed by atoms with van der Waals surface area (Å²) in [5.74, 6) is 1.91. The van der Waals surface area contributed by atoms with Crippen LogP contribution >= 0.6 is 14.5 Å². The molecule has 234 valence electrons. The zero-order chi connectivity index (χ0) is 31.2. The van der Waals surface area contributed by atoms with E-state index in [0.29, 0.717) is 0 Å². The molecule has 2 aliphatic heterocycles. The van der Waals surface area contributed by atoms with E-state index in [-0.39, 0.29) is 17.0 Å². The topological polar surface area (TPSA) is 308 Å². The molecule has 4 heterocycles. The van der Waals surface area contributed by atoms with E-state index in [4.69, 9.17) is 31.3 Å². The molecule has 0 aliphatic carbocycles. The number of terminal acetylenes is 1. The van der Waals surface area contributed by atoms with Crippen LogP contribution in [0.5, 0.6) is 0 Å². The Morgan fingerprint density at radius 3 is 2.57 bits per heavy atom. The number of alkyl halides is 1. The number of aromatic nitrogens is 5. The fourth-order valence-corrected chi connectivity index (χ4v) is 7.18. The van der Waals surface area contributed by atoms with Crippen molar-refractivity contribution in [2.45, 2.75) is 60.9 Å². The van der Waals surface area contributed by atoms with Crippen LogP contribution in [0.2, 0.25) is 0 Å². The molecule has 12 atom stereocenters. The van der Waals surface area contributed by atoms with E-state index in [1.807, 2.05) is 5.92 Å². The number of phosphoric acid groups is 1. The van der Waals surface area contributed by atoms with Crippen molar-refractivity contribution in [2.24, 2.45) is 0 Å². The van der Waals surface area contributed by atoms with Gasteiger partial charge in [0.1, 0.15) is 43.0 Å². The van der Waals surface area contributed by atoms with Crippen LogP contribution in [0.25, 0.3) is 11.2 Å². The lowest BCUT2D eigenvalue weighted by atomic mass is 9.95. The number of anilines is 1. The molecule has 0 saturated carbocycles. The fourth-order valence-electron chi connectivity index (χ4n) is 4.08. The van der Waals surface area contributed by atoms with Crippen LogP contribution in [0.4, 0.5) is 10.2 Å². The van der Waals surface area contributed by atoms with Crippen molar-refractivity contribution < 1.29 is 72.2 Å². The molecule has 0 radical (unpaired) electrons. The van der Waals surface area contributed by atoms with Gasteiger partial charge in [0.25, 0.3) is 0 Å². The third-order valence-corrected chi connectivity index (χ3v) is 9.73. The number of aliphatic hydroxyl groups is 6. The summed E-state index contributed by atoms with van der Waals surface area (Å²) in [6, 6.07) is 0. The minimum atomic E-state index is -5.55. The minimum absolute atomic E-state index is 0.0198. The number of aliphatic hydroxyl groups excluding tert-OH is 5. The van der Waals surface area contributed by atoms with Gasteiger partial charge in [-0.3, -0.25) is 4.52 Å². The first kappa shape index (κ1) is 33.0. The maximum Gasteiger partial charge on any atom is 0.481 e. The predicted molar refractivity (Wildman–Crippen MR) is 134 cm³/mol. The van der Waals surface area contributed by atoms with Crippen molar-refractivity contribution in [2.75, 3.05) is 18.9 Å². The van der Waals surface area contributed by atoms with Gasteiger partial charge in [-0.1, -0.05) is 11.1 Å². The number of hydrogen-bond donors (Lipinski definition) is 9. The number of ether oxygens (including phenoxy) is 2. The Kier molecular flexibility index (Phi) is 9.64. The highest BCUT2D eigenvalue weighted by Gasteiger charge is 2.57. The summed E-state index contributed by atoms with van der Waals surface area (Å²) >= 11 is 4.69. The van der Waals surface area contributed by atoms with E-state index in [0.717, 1.165) is 11.0 Å². The van der Waals surface area contributed by atoms with Gasteiger partial charge in [-0.05, 0) is 11.8 Å². The first-order valence-electron chi connectivity index (χ1n) is 11.5. The molecule has 0 spiro atoms. The Hall–Kier alpha value is -1.87. The number of fused-ring (bicyclic) bond motifs is 1. The lowest BCUT2D eigenvalue weighted by Crippen LogP contribution is -2.60. The monoisotopic (exact) mass is 662 g/mol. The van der Waals surface area contributed by atoms with Crippen molar-refractivity contribution in [3.8, 4) is 12.3 Å². The number of hydrogen-bond acceptors (Lipinski definition) is 18. The Morgan fingerprint density at radius 1 is 1.24 bits per heavy atom. The molecule has 42 heavy (non-hydrogen) atoms. The average molecular weight is 662 g/mol. The Morgan fingerprint density at radius 2 is 1.93 bits per heavy atom. The molecule has 2 aliphatic rings. The second-order valence-corrected chi connectivity index (χ2v) is 13.3. The van der Waals surface area contributed by atoms with Crippen molar-refractivity contribution in [3.05, 3.63) is 6.33 Å². The molecule has 20 nitrogen and oxygen atoms in total. The van der Waals surface area contributed by atoms with E-state index < -0.39 is 88.7 Å². The van der Waals surface area contributed by atoms with Crippen molar-refractivity contribution in [3.63, 3.8) is 0 Å². The smallest absolute Gasteiger partial charge is 0.393 e. The van der Waals surface area contributed by atoms with Gasteiger partial charge in [-0.25, -0.2) is 23.2 Å². The number of nitrogens with two attached hydrogens (primary N) is 1. The van der Waals surface area contributed by atoms with Gasteiger partial charge in [0.15, 0.2) is 35.7 Å². The summed E-state index contributed by atoms with van der Waals surface area (Å²) < 4.78 is 51.8. The molecule has 0 bridgehead atoms. The van der Waals surface area contributed by atoms with E-state index in [2.05, 4.69) is 40.9 Å². The number of nitrogen functional groups attached to an aromatic ring is 1. The second kappa shape index (κ2) is 12.3. The van der Waals surface area contributed by atoms with E-state index in [1.165, 1.54) is 0 Å². The molecule has 2 saturated heterocycles. The number of phosphoric ester groups is 1. The highest BCUT2D eigenvalue weighted by Crippen LogP contribution is 2.62. The standard InChI is InChI=1S/C18H25FN6O14P2S/c1-2-18(31)13(30)7(36-17(18)25-15-8(23-24-25)14(20)21-5-22-15)4-35-41(34,42)39-40(32,33)38-16-11(29)9(27)10(28)12(37-16)6(19)3-26/h1,5-7,9-13,16-17,26-31H,3-4H2,(H,32,33)(H,34,42)(H2,20,21,22)/t6-,7+,9?,10?,11?,12?,13+,16?,17+,18+,41?/m0/s1. The summed E-state index contributed by atoms with van der Waals surface area (Å²) in [4.78, 5) is 28.1. The van der Waals surface area contributed by atoms with Gasteiger partial charge < -0.3 is 60.2 Å². The van der Waals surface area contributed by atoms with Crippen molar-refractivity contribution in [1.82, 2.24) is 25.0 Å². The molecule has 2 fully saturated rings. The average Bonchev–Trinajstić information content (AvgIpc) is 3.46. The third kappa shape index (κ3) is 6.33. The van der Waals surface area contributed by atoms with Gasteiger partial charge in [-0.2, -0.15) is 4.68 Å². The zero-order valence-electron chi connectivity index (χ0n) is 20.8. The first-order chi connectivity index (χ1) is 19.5. The lowest BCUT2D eigenvalue weighted by molar-refractivity contribution is -0.287. The van der Waals surface area contributed by atoms with Crippen molar-refractivity contribution in [1.29, 1.82) is 0 Å². The molecule has 10 N–H and O–H groups in total. The molecule has 0 aromatic carbocycles. The van der Waals surface area contributed by atoms with Crippen molar-refractivity contribution >= 4 is 43.3 Å². The van der Waals surface area contributed by atoms with Crippen LogP contribution < -0.4 is 5.73 Å². The highest BCUT2D eigenvalue weighted by molar-refractivity contribution is 8.08. The molecule has 2 aromatic rings. The Balaban J connectivity index is 1.44. The van der Waals surface area contributed by atoms with Gasteiger partial charge in [-0.15, -0.1) is 11.5 Å². The molecule has 24 heteroatoms. The van der Waals surface area contributed by atoms with Gasteiger partial charge in [0.2, 0.25) is 5.60 Å². The van der Waals surface area contributed by atoms with E-state index >= 15 is 0 Å². The van der Waals surface area contributed by atoms with Crippen LogP contribution in [-0.4, -0.2) is 133 Å². The summed E-state index contributed by atoms with van der Waals surface area (Å²) in [6.07, 6.45) is -11.7. The summed E-state index contributed by atoms with van der Waals surface area (Å²) in [5, 5.41) is 68.0. The van der Waals surface area contributed by atoms with Crippen LogP contribution in [0, 0.1) is 12.3 Å².